The van der Waals surface area contributed by atoms with Gasteiger partial charge in [0.1, 0.15) is 5.82 Å². The molecule has 0 saturated heterocycles. The number of pyridine rings is 1. The van der Waals surface area contributed by atoms with Crippen LogP contribution in [-0.4, -0.2) is 33.2 Å². The molecule has 0 saturated carbocycles. The van der Waals surface area contributed by atoms with Gasteiger partial charge in [0, 0.05) is 35.6 Å². The summed E-state index contributed by atoms with van der Waals surface area (Å²) in [5.74, 6) is 0.946. The van der Waals surface area contributed by atoms with E-state index in [2.05, 4.69) is 25.6 Å². The lowest BCUT2D eigenvalue weighted by molar-refractivity contribution is 0.311. The van der Waals surface area contributed by atoms with Crippen molar-refractivity contribution in [3.63, 3.8) is 0 Å². The first-order valence-corrected chi connectivity index (χ1v) is 8.27. The van der Waals surface area contributed by atoms with Gasteiger partial charge in [0.2, 0.25) is 5.95 Å². The summed E-state index contributed by atoms with van der Waals surface area (Å²) in [4.78, 5) is 13.0. The van der Waals surface area contributed by atoms with Crippen molar-refractivity contribution < 1.29 is 5.11 Å². The molecule has 1 aromatic carbocycles. The Hall–Kier alpha value is -2.41. The SMILES string of the molecule is OCCNc1nc(Nc2ccc(Cl)cc2Cl)cc(-c2cccnc2)n1. The average molecular weight is 376 g/mol. The second kappa shape index (κ2) is 8.11. The average Bonchev–Trinajstić information content (AvgIpc) is 2.63. The van der Waals surface area contributed by atoms with Gasteiger partial charge in [-0.05, 0) is 30.3 Å². The van der Waals surface area contributed by atoms with Crippen LogP contribution in [-0.2, 0) is 0 Å². The maximum absolute atomic E-state index is 9.01. The molecule has 0 aliphatic heterocycles. The molecule has 2 aromatic heterocycles. The van der Waals surface area contributed by atoms with E-state index in [1.165, 1.54) is 0 Å². The highest BCUT2D eigenvalue weighted by Crippen LogP contribution is 2.29. The molecule has 0 amide bonds. The molecule has 0 atom stereocenters. The third-order valence-electron chi connectivity index (χ3n) is 3.27. The summed E-state index contributed by atoms with van der Waals surface area (Å²) < 4.78 is 0. The van der Waals surface area contributed by atoms with Crippen LogP contribution < -0.4 is 10.6 Å². The van der Waals surface area contributed by atoms with Gasteiger partial charge in [-0.3, -0.25) is 4.98 Å². The van der Waals surface area contributed by atoms with Gasteiger partial charge in [0.15, 0.2) is 0 Å². The minimum atomic E-state index is -0.0216. The van der Waals surface area contributed by atoms with Crippen molar-refractivity contribution in [2.75, 3.05) is 23.8 Å². The number of nitrogens with zero attached hydrogens (tertiary/aromatic N) is 3. The number of rotatable bonds is 6. The van der Waals surface area contributed by atoms with Crippen LogP contribution in [0.5, 0.6) is 0 Å². The van der Waals surface area contributed by atoms with Crippen LogP contribution in [0.1, 0.15) is 0 Å². The molecular formula is C17H15Cl2N5O. The Morgan fingerprint density at radius 2 is 1.96 bits per heavy atom. The first-order valence-electron chi connectivity index (χ1n) is 7.52. The molecule has 0 aliphatic rings. The topological polar surface area (TPSA) is 83.0 Å². The zero-order chi connectivity index (χ0) is 17.6. The van der Waals surface area contributed by atoms with E-state index in [0.717, 1.165) is 5.56 Å². The summed E-state index contributed by atoms with van der Waals surface area (Å²) in [6.45, 7) is 0.323. The number of hydrogen-bond acceptors (Lipinski definition) is 6. The van der Waals surface area contributed by atoms with Crippen molar-refractivity contribution in [2.24, 2.45) is 0 Å². The molecule has 0 bridgehead atoms. The number of benzene rings is 1. The third-order valence-corrected chi connectivity index (χ3v) is 3.82. The Bertz CT molecular complexity index is 861. The monoisotopic (exact) mass is 375 g/mol. The molecular weight excluding hydrogens is 361 g/mol. The molecule has 0 fully saturated rings. The van der Waals surface area contributed by atoms with E-state index in [-0.39, 0.29) is 6.61 Å². The quantitative estimate of drug-likeness (QED) is 0.603. The number of hydrogen-bond donors (Lipinski definition) is 3. The molecule has 0 aliphatic carbocycles. The zero-order valence-electron chi connectivity index (χ0n) is 13.1. The van der Waals surface area contributed by atoms with Gasteiger partial charge in [-0.15, -0.1) is 0 Å². The smallest absolute Gasteiger partial charge is 0.225 e. The van der Waals surface area contributed by atoms with Crippen molar-refractivity contribution in [3.8, 4) is 11.3 Å². The maximum Gasteiger partial charge on any atom is 0.225 e. The van der Waals surface area contributed by atoms with Crippen molar-refractivity contribution in [2.45, 2.75) is 0 Å². The minimum absolute atomic E-state index is 0.0216. The zero-order valence-corrected chi connectivity index (χ0v) is 14.6. The van der Waals surface area contributed by atoms with Crippen molar-refractivity contribution in [1.29, 1.82) is 0 Å². The molecule has 0 radical (unpaired) electrons. The van der Waals surface area contributed by atoms with Crippen LogP contribution in [0.15, 0.2) is 48.8 Å². The summed E-state index contributed by atoms with van der Waals surface area (Å²) in [6, 6.07) is 10.7. The van der Waals surface area contributed by atoms with E-state index < -0.39 is 0 Å². The molecule has 8 heteroatoms. The van der Waals surface area contributed by atoms with E-state index in [4.69, 9.17) is 28.3 Å². The fourth-order valence-electron chi connectivity index (χ4n) is 2.15. The van der Waals surface area contributed by atoms with Gasteiger partial charge in [-0.1, -0.05) is 23.2 Å². The van der Waals surface area contributed by atoms with Gasteiger partial charge in [0.05, 0.1) is 23.0 Å². The number of aliphatic hydroxyl groups is 1. The van der Waals surface area contributed by atoms with E-state index in [1.807, 2.05) is 12.1 Å². The van der Waals surface area contributed by atoms with Crippen molar-refractivity contribution in [1.82, 2.24) is 15.0 Å². The Labute approximate surface area is 154 Å². The standard InChI is InChI=1S/C17H15Cl2N5O/c18-12-3-4-14(13(19)8-12)22-16-9-15(11-2-1-5-20-10-11)23-17(24-16)21-6-7-25/h1-5,8-10,25H,6-7H2,(H2,21,22,23,24). The summed E-state index contributed by atoms with van der Waals surface area (Å²) >= 11 is 12.1. The van der Waals surface area contributed by atoms with Crippen LogP contribution >= 0.6 is 23.2 Å². The van der Waals surface area contributed by atoms with E-state index in [1.54, 1.807) is 36.7 Å². The molecule has 2 heterocycles. The number of nitrogens with one attached hydrogen (secondary N) is 2. The fraction of sp³-hybridized carbons (Fsp3) is 0.118. The molecule has 0 spiro atoms. The Kier molecular flexibility index (Phi) is 5.65. The number of aliphatic hydroxyl groups excluding tert-OH is 1. The molecule has 3 N–H and O–H groups in total. The Morgan fingerprint density at radius 1 is 1.08 bits per heavy atom. The van der Waals surface area contributed by atoms with Crippen molar-refractivity contribution >= 4 is 40.7 Å². The maximum atomic E-state index is 9.01. The second-order valence-electron chi connectivity index (χ2n) is 5.10. The number of anilines is 3. The van der Waals surface area contributed by atoms with E-state index in [0.29, 0.717) is 39.7 Å². The predicted molar refractivity (Wildman–Crippen MR) is 101 cm³/mol. The predicted octanol–water partition coefficient (Wildman–Crippen LogP) is 3.99. The Balaban J connectivity index is 1.96. The number of aromatic nitrogens is 3. The lowest BCUT2D eigenvalue weighted by atomic mass is 10.2. The van der Waals surface area contributed by atoms with Crippen LogP contribution in [0.3, 0.4) is 0 Å². The third kappa shape index (κ3) is 4.57. The second-order valence-corrected chi connectivity index (χ2v) is 5.95. The highest BCUT2D eigenvalue weighted by atomic mass is 35.5. The van der Waals surface area contributed by atoms with Gasteiger partial charge >= 0.3 is 0 Å². The lowest BCUT2D eigenvalue weighted by Crippen LogP contribution is -2.10. The van der Waals surface area contributed by atoms with Crippen LogP contribution in [0, 0.1) is 0 Å². The molecule has 3 rings (SSSR count). The summed E-state index contributed by atoms with van der Waals surface area (Å²) in [6.07, 6.45) is 3.42. The highest BCUT2D eigenvalue weighted by molar-refractivity contribution is 6.36. The minimum Gasteiger partial charge on any atom is -0.395 e. The first-order chi connectivity index (χ1) is 12.2. The fourth-order valence-corrected chi connectivity index (χ4v) is 2.60. The van der Waals surface area contributed by atoms with Gasteiger partial charge in [-0.2, -0.15) is 4.98 Å². The molecule has 25 heavy (non-hydrogen) atoms. The van der Waals surface area contributed by atoms with Crippen LogP contribution in [0.4, 0.5) is 17.5 Å². The Morgan fingerprint density at radius 3 is 2.68 bits per heavy atom. The van der Waals surface area contributed by atoms with Gasteiger partial charge in [0.25, 0.3) is 0 Å². The highest BCUT2D eigenvalue weighted by Gasteiger charge is 2.09. The van der Waals surface area contributed by atoms with Crippen LogP contribution in [0.2, 0.25) is 10.0 Å². The van der Waals surface area contributed by atoms with Crippen molar-refractivity contribution in [3.05, 3.63) is 58.8 Å². The van der Waals surface area contributed by atoms with E-state index in [9.17, 15) is 0 Å². The van der Waals surface area contributed by atoms with Gasteiger partial charge < -0.3 is 15.7 Å². The molecule has 0 unspecified atom stereocenters. The van der Waals surface area contributed by atoms with Crippen LogP contribution in [0.25, 0.3) is 11.3 Å². The first kappa shape index (κ1) is 17.4. The summed E-state index contributed by atoms with van der Waals surface area (Å²) in [7, 11) is 0. The lowest BCUT2D eigenvalue weighted by Gasteiger charge is -2.12. The largest absolute Gasteiger partial charge is 0.395 e. The number of halogens is 2. The molecule has 3 aromatic rings. The van der Waals surface area contributed by atoms with Gasteiger partial charge in [-0.25, -0.2) is 4.98 Å². The summed E-state index contributed by atoms with van der Waals surface area (Å²) in [5.41, 5.74) is 2.22. The normalized spacial score (nSPS) is 10.5. The van der Waals surface area contributed by atoms with E-state index >= 15 is 0 Å². The molecule has 6 nitrogen and oxygen atoms in total. The summed E-state index contributed by atoms with van der Waals surface area (Å²) in [5, 5.41) is 16.2. The molecule has 128 valence electrons.